The van der Waals surface area contributed by atoms with Gasteiger partial charge in [-0.25, -0.2) is 18.4 Å². The van der Waals surface area contributed by atoms with E-state index in [4.69, 9.17) is 0 Å². The van der Waals surface area contributed by atoms with Crippen LogP contribution in [0.4, 0.5) is 5.69 Å². The van der Waals surface area contributed by atoms with E-state index in [0.29, 0.717) is 20.6 Å². The number of sulfonamides is 1. The van der Waals surface area contributed by atoms with Gasteiger partial charge in [-0.15, -0.1) is 0 Å². The van der Waals surface area contributed by atoms with Crippen molar-refractivity contribution in [1.29, 1.82) is 0 Å². The number of rotatable bonds is 7. The zero-order valence-electron chi connectivity index (χ0n) is 14.8. The summed E-state index contributed by atoms with van der Waals surface area (Å²) in [5.41, 5.74) is 0.481. The highest BCUT2D eigenvalue weighted by molar-refractivity contribution is 9.10. The number of halogens is 2. The third-order valence-electron chi connectivity index (χ3n) is 3.90. The monoisotopic (exact) mass is 540 g/mol. The highest BCUT2D eigenvalue weighted by Crippen LogP contribution is 2.28. The molecule has 150 valence electrons. The van der Waals surface area contributed by atoms with E-state index >= 15 is 0 Å². The first-order chi connectivity index (χ1) is 13.8. The van der Waals surface area contributed by atoms with Crippen molar-refractivity contribution in [2.24, 2.45) is 0 Å². The van der Waals surface area contributed by atoms with Crippen LogP contribution in [0.15, 0.2) is 74.8 Å². The number of nitro groups is 1. The summed E-state index contributed by atoms with van der Waals surface area (Å²) in [6, 6.07) is 15.5. The lowest BCUT2D eigenvalue weighted by Gasteiger charge is -2.21. The van der Waals surface area contributed by atoms with Crippen molar-refractivity contribution < 1.29 is 13.3 Å². The van der Waals surface area contributed by atoms with E-state index in [1.165, 1.54) is 24.3 Å². The molecular weight excluding hydrogens is 528 g/mol. The number of aromatic nitrogens is 2. The summed E-state index contributed by atoms with van der Waals surface area (Å²) in [6.07, 6.45) is 0. The molecule has 0 saturated heterocycles. The molecule has 1 aromatic carbocycles. The normalized spacial score (nSPS) is 11.6. The van der Waals surface area contributed by atoms with Crippen LogP contribution in [-0.2, 0) is 23.1 Å². The molecule has 0 atom stereocenters. The maximum Gasteiger partial charge on any atom is 0.289 e. The second-order valence-electron chi connectivity index (χ2n) is 5.90. The number of nitro benzene ring substituents is 1. The van der Waals surface area contributed by atoms with Crippen LogP contribution in [0.5, 0.6) is 0 Å². The SMILES string of the molecule is O=[N+]([O-])c1ccccc1S(=O)(=O)N(Cc1cccc(Br)n1)Cc1cccc(Br)n1. The lowest BCUT2D eigenvalue weighted by Crippen LogP contribution is -2.31. The summed E-state index contributed by atoms with van der Waals surface area (Å²) in [7, 11) is -4.22. The number of hydrogen-bond donors (Lipinski definition) is 0. The van der Waals surface area contributed by atoms with Crippen molar-refractivity contribution in [2.45, 2.75) is 18.0 Å². The average Bonchev–Trinajstić information content (AvgIpc) is 2.67. The van der Waals surface area contributed by atoms with Gasteiger partial charge in [0.2, 0.25) is 0 Å². The first kappa shape index (κ1) is 21.5. The van der Waals surface area contributed by atoms with E-state index in [1.807, 2.05) is 0 Å². The Kier molecular flexibility index (Phi) is 6.73. The maximum absolute atomic E-state index is 13.4. The zero-order valence-corrected chi connectivity index (χ0v) is 18.8. The van der Waals surface area contributed by atoms with Gasteiger partial charge in [-0.2, -0.15) is 4.31 Å². The first-order valence-electron chi connectivity index (χ1n) is 8.24. The van der Waals surface area contributed by atoms with E-state index in [1.54, 1.807) is 36.4 Å². The molecule has 11 heteroatoms. The summed E-state index contributed by atoms with van der Waals surface area (Å²) >= 11 is 6.54. The summed E-state index contributed by atoms with van der Waals surface area (Å²) in [5.74, 6) is 0. The standard InChI is InChI=1S/C18H14Br2N4O4S/c19-17-9-3-5-13(21-17)11-23(12-14-6-4-10-18(20)22-14)29(27,28)16-8-2-1-7-15(16)24(25)26/h1-10H,11-12H2. The summed E-state index contributed by atoms with van der Waals surface area (Å²) in [6.45, 7) is -0.163. The maximum atomic E-state index is 13.4. The molecule has 0 saturated carbocycles. The Bertz CT molecular complexity index is 1110. The number of nitrogens with zero attached hydrogens (tertiary/aromatic N) is 4. The Morgan fingerprint density at radius 3 is 1.86 bits per heavy atom. The Morgan fingerprint density at radius 1 is 0.862 bits per heavy atom. The molecule has 0 aliphatic carbocycles. The molecule has 0 aliphatic heterocycles. The number of benzene rings is 1. The molecule has 29 heavy (non-hydrogen) atoms. The van der Waals surface area contributed by atoms with Gasteiger partial charge in [-0.1, -0.05) is 24.3 Å². The molecule has 0 radical (unpaired) electrons. The number of para-hydroxylation sites is 1. The molecule has 0 amide bonds. The fourth-order valence-corrected chi connectivity index (χ4v) is 4.93. The molecule has 0 N–H and O–H groups in total. The van der Waals surface area contributed by atoms with Crippen LogP contribution in [0.25, 0.3) is 0 Å². The van der Waals surface area contributed by atoms with Crippen LogP contribution in [0, 0.1) is 10.1 Å². The topological polar surface area (TPSA) is 106 Å². The molecule has 3 aromatic rings. The molecule has 0 aliphatic rings. The van der Waals surface area contributed by atoms with Crippen LogP contribution in [0.3, 0.4) is 0 Å². The van der Waals surface area contributed by atoms with Crippen LogP contribution in [-0.4, -0.2) is 27.6 Å². The largest absolute Gasteiger partial charge is 0.289 e. The van der Waals surface area contributed by atoms with Crippen molar-refractivity contribution in [3.05, 3.63) is 91.4 Å². The Labute approximate surface area is 184 Å². The van der Waals surface area contributed by atoms with Gasteiger partial charge in [0.1, 0.15) is 9.21 Å². The van der Waals surface area contributed by atoms with E-state index in [9.17, 15) is 18.5 Å². The van der Waals surface area contributed by atoms with Crippen molar-refractivity contribution in [3.8, 4) is 0 Å². The predicted molar refractivity (Wildman–Crippen MR) is 113 cm³/mol. The minimum atomic E-state index is -4.22. The molecule has 3 rings (SSSR count). The molecule has 8 nitrogen and oxygen atoms in total. The lowest BCUT2D eigenvalue weighted by molar-refractivity contribution is -0.387. The van der Waals surface area contributed by atoms with Gasteiger partial charge >= 0.3 is 0 Å². The van der Waals surface area contributed by atoms with Crippen molar-refractivity contribution in [2.75, 3.05) is 0 Å². The van der Waals surface area contributed by atoms with E-state index in [2.05, 4.69) is 41.8 Å². The molecule has 0 spiro atoms. The van der Waals surface area contributed by atoms with Crippen molar-refractivity contribution >= 4 is 47.6 Å². The average molecular weight is 542 g/mol. The predicted octanol–water partition coefficient (Wildman–Crippen LogP) is 4.30. The van der Waals surface area contributed by atoms with Gasteiger partial charge in [0.05, 0.1) is 29.4 Å². The summed E-state index contributed by atoms with van der Waals surface area (Å²) in [4.78, 5) is 18.9. The molecule has 0 fully saturated rings. The fourth-order valence-electron chi connectivity index (χ4n) is 2.63. The van der Waals surface area contributed by atoms with Gasteiger partial charge in [-0.3, -0.25) is 10.1 Å². The van der Waals surface area contributed by atoms with Gasteiger partial charge in [-0.05, 0) is 62.2 Å². The zero-order chi connectivity index (χ0) is 21.0. The van der Waals surface area contributed by atoms with E-state index < -0.39 is 20.6 Å². The fraction of sp³-hybridized carbons (Fsp3) is 0.111. The Morgan fingerprint density at radius 2 is 1.38 bits per heavy atom. The molecule has 2 aromatic heterocycles. The molecule has 0 unspecified atom stereocenters. The lowest BCUT2D eigenvalue weighted by atomic mass is 10.3. The molecule has 0 bridgehead atoms. The second kappa shape index (κ2) is 9.08. The number of pyridine rings is 2. The Hall–Kier alpha value is -2.21. The van der Waals surface area contributed by atoms with Gasteiger partial charge in [0, 0.05) is 6.07 Å². The highest BCUT2D eigenvalue weighted by atomic mass is 79.9. The quantitative estimate of drug-likeness (QED) is 0.251. The minimum Gasteiger partial charge on any atom is -0.258 e. The molecule has 2 heterocycles. The molecular formula is C18H14Br2N4O4S. The smallest absolute Gasteiger partial charge is 0.258 e. The van der Waals surface area contributed by atoms with E-state index in [-0.39, 0.29) is 18.0 Å². The second-order valence-corrected chi connectivity index (χ2v) is 9.43. The summed E-state index contributed by atoms with van der Waals surface area (Å²) < 4.78 is 29.0. The highest BCUT2D eigenvalue weighted by Gasteiger charge is 2.32. The van der Waals surface area contributed by atoms with Crippen molar-refractivity contribution in [1.82, 2.24) is 14.3 Å². The van der Waals surface area contributed by atoms with Gasteiger partial charge in [0.25, 0.3) is 15.7 Å². The van der Waals surface area contributed by atoms with Crippen LogP contribution in [0.2, 0.25) is 0 Å². The summed E-state index contributed by atoms with van der Waals surface area (Å²) in [5, 5.41) is 11.4. The van der Waals surface area contributed by atoms with Gasteiger partial charge in [0.15, 0.2) is 4.90 Å². The van der Waals surface area contributed by atoms with Crippen LogP contribution >= 0.6 is 31.9 Å². The first-order valence-corrected chi connectivity index (χ1v) is 11.3. The minimum absolute atomic E-state index is 0.0813. The van der Waals surface area contributed by atoms with Crippen LogP contribution < -0.4 is 0 Å². The van der Waals surface area contributed by atoms with Crippen molar-refractivity contribution in [3.63, 3.8) is 0 Å². The third-order valence-corrected chi connectivity index (χ3v) is 6.62. The third kappa shape index (κ3) is 5.24. The van der Waals surface area contributed by atoms with Crippen LogP contribution in [0.1, 0.15) is 11.4 Å². The Balaban J connectivity index is 2.07. The van der Waals surface area contributed by atoms with E-state index in [0.717, 1.165) is 4.31 Å². The van der Waals surface area contributed by atoms with Gasteiger partial charge < -0.3 is 0 Å². The number of hydrogen-bond acceptors (Lipinski definition) is 6.